The van der Waals surface area contributed by atoms with E-state index in [2.05, 4.69) is 19.2 Å². The van der Waals surface area contributed by atoms with E-state index in [0.717, 1.165) is 19.3 Å². The van der Waals surface area contributed by atoms with Gasteiger partial charge in [-0.25, -0.2) is 0 Å². The van der Waals surface area contributed by atoms with Crippen molar-refractivity contribution in [1.29, 1.82) is 0 Å². The highest BCUT2D eigenvalue weighted by Crippen LogP contribution is 2.31. The number of hydrogen-bond acceptors (Lipinski definition) is 3. The van der Waals surface area contributed by atoms with Gasteiger partial charge in [0.1, 0.15) is 0 Å². The lowest BCUT2D eigenvalue weighted by atomic mass is 9.79. The molecule has 0 spiro atoms. The molecule has 0 aromatic carbocycles. The Bertz CT molecular complexity index is 186. The second-order valence-corrected chi connectivity index (χ2v) is 5.16. The second kappa shape index (κ2) is 5.83. The van der Waals surface area contributed by atoms with Crippen LogP contribution in [0.3, 0.4) is 0 Å². The van der Waals surface area contributed by atoms with Crippen molar-refractivity contribution in [2.24, 2.45) is 5.92 Å². The van der Waals surface area contributed by atoms with Gasteiger partial charge in [0, 0.05) is 19.7 Å². The van der Waals surface area contributed by atoms with Gasteiger partial charge >= 0.3 is 0 Å². The summed E-state index contributed by atoms with van der Waals surface area (Å²) in [4.78, 5) is 0. The van der Waals surface area contributed by atoms with Crippen LogP contribution in [0.4, 0.5) is 0 Å². The summed E-state index contributed by atoms with van der Waals surface area (Å²) < 4.78 is 5.05. The Morgan fingerprint density at radius 2 is 2.33 bits per heavy atom. The largest absolute Gasteiger partial charge is 0.389 e. The van der Waals surface area contributed by atoms with Gasteiger partial charge in [0.25, 0.3) is 0 Å². The maximum absolute atomic E-state index is 10.4. The molecule has 3 unspecified atom stereocenters. The van der Waals surface area contributed by atoms with E-state index in [1.807, 2.05) is 0 Å². The van der Waals surface area contributed by atoms with Crippen LogP contribution in [0.5, 0.6) is 0 Å². The third kappa shape index (κ3) is 4.49. The molecule has 0 radical (unpaired) electrons. The first kappa shape index (κ1) is 12.9. The number of rotatable bonds is 5. The molecule has 1 aliphatic rings. The van der Waals surface area contributed by atoms with Gasteiger partial charge in [-0.1, -0.05) is 19.8 Å². The molecule has 1 rings (SSSR count). The summed E-state index contributed by atoms with van der Waals surface area (Å²) in [6, 6.07) is 0.316. The number of methoxy groups -OCH3 is 1. The van der Waals surface area contributed by atoms with Crippen LogP contribution in [-0.2, 0) is 4.74 Å². The smallest absolute Gasteiger partial charge is 0.0774 e. The molecule has 0 aromatic rings. The van der Waals surface area contributed by atoms with Gasteiger partial charge in [-0.2, -0.15) is 0 Å². The first-order chi connectivity index (χ1) is 7.06. The highest BCUT2D eigenvalue weighted by atomic mass is 16.5. The maximum atomic E-state index is 10.4. The van der Waals surface area contributed by atoms with Crippen LogP contribution in [-0.4, -0.2) is 37.0 Å². The molecule has 15 heavy (non-hydrogen) atoms. The van der Waals surface area contributed by atoms with E-state index in [9.17, 15) is 5.11 Å². The van der Waals surface area contributed by atoms with Crippen molar-refractivity contribution in [3.63, 3.8) is 0 Å². The Morgan fingerprint density at radius 1 is 1.60 bits per heavy atom. The highest BCUT2D eigenvalue weighted by Gasteiger charge is 2.32. The van der Waals surface area contributed by atoms with E-state index in [4.69, 9.17) is 4.74 Å². The first-order valence-electron chi connectivity index (χ1n) is 6.00. The summed E-state index contributed by atoms with van der Waals surface area (Å²) >= 11 is 0. The number of nitrogens with one attached hydrogen (secondary N) is 1. The van der Waals surface area contributed by atoms with Crippen molar-refractivity contribution in [2.45, 2.75) is 51.2 Å². The minimum atomic E-state index is -0.486. The van der Waals surface area contributed by atoms with Crippen molar-refractivity contribution in [1.82, 2.24) is 5.32 Å². The van der Waals surface area contributed by atoms with Crippen molar-refractivity contribution < 1.29 is 9.84 Å². The number of ether oxygens (including phenoxy) is 1. The zero-order valence-corrected chi connectivity index (χ0v) is 10.3. The minimum Gasteiger partial charge on any atom is -0.389 e. The monoisotopic (exact) mass is 215 g/mol. The molecule has 1 fully saturated rings. The van der Waals surface area contributed by atoms with Gasteiger partial charge in [-0.15, -0.1) is 0 Å². The molecule has 0 bridgehead atoms. The molecule has 1 saturated carbocycles. The lowest BCUT2D eigenvalue weighted by molar-refractivity contribution is -0.0150. The van der Waals surface area contributed by atoms with Crippen LogP contribution >= 0.6 is 0 Å². The van der Waals surface area contributed by atoms with Gasteiger partial charge < -0.3 is 15.2 Å². The molecule has 0 heterocycles. The predicted octanol–water partition coefficient (Wildman–Crippen LogP) is 1.55. The molecule has 3 atom stereocenters. The molecule has 0 amide bonds. The zero-order valence-electron chi connectivity index (χ0n) is 10.3. The first-order valence-corrected chi connectivity index (χ1v) is 6.00. The average Bonchev–Trinajstić information content (AvgIpc) is 2.15. The SMILES string of the molecule is COCC(C)NCC1(O)CCCC(C)C1. The predicted molar refractivity (Wildman–Crippen MR) is 61.9 cm³/mol. The molecule has 90 valence electrons. The lowest BCUT2D eigenvalue weighted by Crippen LogP contribution is -2.47. The van der Waals surface area contributed by atoms with E-state index in [0.29, 0.717) is 25.1 Å². The summed E-state index contributed by atoms with van der Waals surface area (Å²) in [6.45, 7) is 5.70. The number of hydrogen-bond donors (Lipinski definition) is 2. The second-order valence-electron chi connectivity index (χ2n) is 5.16. The molecule has 3 nitrogen and oxygen atoms in total. The molecular formula is C12H25NO2. The molecule has 2 N–H and O–H groups in total. The molecular weight excluding hydrogens is 190 g/mol. The van der Waals surface area contributed by atoms with E-state index in [-0.39, 0.29) is 0 Å². The van der Waals surface area contributed by atoms with Gasteiger partial charge in [0.15, 0.2) is 0 Å². The van der Waals surface area contributed by atoms with Gasteiger partial charge in [-0.3, -0.25) is 0 Å². The summed E-state index contributed by atoms with van der Waals surface area (Å²) in [5.74, 6) is 0.656. The van der Waals surface area contributed by atoms with E-state index in [1.54, 1.807) is 7.11 Å². The van der Waals surface area contributed by atoms with Crippen LogP contribution in [0.25, 0.3) is 0 Å². The third-order valence-electron chi connectivity index (χ3n) is 3.26. The van der Waals surface area contributed by atoms with E-state index in [1.165, 1.54) is 6.42 Å². The fourth-order valence-corrected chi connectivity index (χ4v) is 2.47. The summed E-state index contributed by atoms with van der Waals surface area (Å²) in [5.41, 5.74) is -0.486. The molecule has 0 saturated heterocycles. The van der Waals surface area contributed by atoms with Gasteiger partial charge in [-0.05, 0) is 25.7 Å². The highest BCUT2D eigenvalue weighted by molar-refractivity contribution is 4.87. The molecule has 0 aromatic heterocycles. The van der Waals surface area contributed by atoms with Crippen LogP contribution < -0.4 is 5.32 Å². The van der Waals surface area contributed by atoms with Gasteiger partial charge in [0.2, 0.25) is 0 Å². The van der Waals surface area contributed by atoms with Crippen LogP contribution in [0, 0.1) is 5.92 Å². The Balaban J connectivity index is 2.29. The van der Waals surface area contributed by atoms with Crippen molar-refractivity contribution >= 4 is 0 Å². The van der Waals surface area contributed by atoms with Crippen molar-refractivity contribution in [3.8, 4) is 0 Å². The van der Waals surface area contributed by atoms with Crippen molar-refractivity contribution in [3.05, 3.63) is 0 Å². The molecule has 3 heteroatoms. The zero-order chi connectivity index (χ0) is 11.3. The third-order valence-corrected chi connectivity index (χ3v) is 3.26. The Kier molecular flexibility index (Phi) is 5.03. The average molecular weight is 215 g/mol. The fourth-order valence-electron chi connectivity index (χ4n) is 2.47. The van der Waals surface area contributed by atoms with Crippen LogP contribution in [0.15, 0.2) is 0 Å². The maximum Gasteiger partial charge on any atom is 0.0774 e. The quantitative estimate of drug-likeness (QED) is 0.731. The Hall–Kier alpha value is -0.120. The normalized spacial score (nSPS) is 34.0. The number of aliphatic hydroxyl groups is 1. The fraction of sp³-hybridized carbons (Fsp3) is 1.00. The van der Waals surface area contributed by atoms with Crippen LogP contribution in [0.2, 0.25) is 0 Å². The Labute approximate surface area is 93.2 Å². The van der Waals surface area contributed by atoms with E-state index < -0.39 is 5.60 Å². The van der Waals surface area contributed by atoms with E-state index >= 15 is 0 Å². The van der Waals surface area contributed by atoms with Gasteiger partial charge in [0.05, 0.1) is 12.2 Å². The topological polar surface area (TPSA) is 41.5 Å². The summed E-state index contributed by atoms with van der Waals surface area (Å²) in [5, 5.41) is 13.7. The summed E-state index contributed by atoms with van der Waals surface area (Å²) in [6.07, 6.45) is 4.28. The standard InChI is InChI=1S/C12H25NO2/c1-10-5-4-6-12(14,7-10)9-13-11(2)8-15-3/h10-11,13-14H,4-9H2,1-3H3. The Morgan fingerprint density at radius 3 is 2.93 bits per heavy atom. The summed E-state index contributed by atoms with van der Waals surface area (Å²) in [7, 11) is 1.70. The lowest BCUT2D eigenvalue weighted by Gasteiger charge is -2.36. The van der Waals surface area contributed by atoms with Crippen molar-refractivity contribution in [2.75, 3.05) is 20.3 Å². The minimum absolute atomic E-state index is 0.316. The van der Waals surface area contributed by atoms with Crippen LogP contribution in [0.1, 0.15) is 39.5 Å². The molecule has 0 aliphatic heterocycles. The molecule has 1 aliphatic carbocycles.